The number of hydrogen-bond acceptors (Lipinski definition) is 3. The molecule has 2 N–H and O–H groups in total. The third-order valence-electron chi connectivity index (χ3n) is 6.52. The molecule has 2 amide bonds. The van der Waals surface area contributed by atoms with Gasteiger partial charge in [0.15, 0.2) is 0 Å². The van der Waals surface area contributed by atoms with Gasteiger partial charge in [-0.25, -0.2) is 0 Å². The summed E-state index contributed by atoms with van der Waals surface area (Å²) < 4.78 is 0. The highest BCUT2D eigenvalue weighted by Gasteiger charge is 2.48. The van der Waals surface area contributed by atoms with Crippen LogP contribution in [0.2, 0.25) is 0 Å². The number of rotatable bonds is 4. The van der Waals surface area contributed by atoms with Crippen LogP contribution in [0.15, 0.2) is 24.3 Å². The molecule has 2 atom stereocenters. The molecule has 1 heterocycles. The van der Waals surface area contributed by atoms with E-state index in [0.29, 0.717) is 11.5 Å². The molecule has 3 aliphatic rings. The maximum absolute atomic E-state index is 13.0. The Balaban J connectivity index is 1.37. The predicted octanol–water partition coefficient (Wildman–Crippen LogP) is 2.36. The summed E-state index contributed by atoms with van der Waals surface area (Å²) in [5, 5.41) is 0. The summed E-state index contributed by atoms with van der Waals surface area (Å²) in [5.41, 5.74) is 7.02. The predicted molar refractivity (Wildman–Crippen MR) is 101 cm³/mol. The third-order valence-corrected chi connectivity index (χ3v) is 6.52. The standard InChI is InChI=1S/C21H29N3O2/c1-21(2)13-23(10-11-24(21)16-4-3-5-16)20(26)18-12-17(18)14-6-8-15(9-7-14)19(22)25/h6-9,16-18H,3-5,10-13H2,1-2H3,(H2,22,25)/t17?,18-/m0/s1. The van der Waals surface area contributed by atoms with Crippen molar-refractivity contribution >= 4 is 11.8 Å². The average molecular weight is 355 g/mol. The van der Waals surface area contributed by atoms with Crippen LogP contribution in [-0.4, -0.2) is 52.8 Å². The number of carbonyl (C=O) groups excluding carboxylic acids is 2. The fraction of sp³-hybridized carbons (Fsp3) is 0.619. The van der Waals surface area contributed by atoms with Crippen molar-refractivity contribution < 1.29 is 9.59 Å². The van der Waals surface area contributed by atoms with E-state index in [1.165, 1.54) is 19.3 Å². The van der Waals surface area contributed by atoms with E-state index in [-0.39, 0.29) is 17.4 Å². The molecule has 5 nitrogen and oxygen atoms in total. The van der Waals surface area contributed by atoms with Gasteiger partial charge in [-0.05, 0) is 56.7 Å². The van der Waals surface area contributed by atoms with E-state index in [9.17, 15) is 9.59 Å². The Morgan fingerprint density at radius 2 is 1.81 bits per heavy atom. The molecule has 26 heavy (non-hydrogen) atoms. The molecule has 2 aliphatic carbocycles. The molecule has 0 bridgehead atoms. The quantitative estimate of drug-likeness (QED) is 0.902. The number of amides is 2. The van der Waals surface area contributed by atoms with Crippen molar-refractivity contribution in [1.29, 1.82) is 0 Å². The van der Waals surface area contributed by atoms with Gasteiger partial charge in [-0.15, -0.1) is 0 Å². The summed E-state index contributed by atoms with van der Waals surface area (Å²) in [5.74, 6) is 0.277. The fourth-order valence-corrected chi connectivity index (χ4v) is 4.70. The van der Waals surface area contributed by atoms with Gasteiger partial charge in [-0.1, -0.05) is 18.6 Å². The van der Waals surface area contributed by atoms with Crippen LogP contribution in [0.3, 0.4) is 0 Å². The number of piperazine rings is 1. The van der Waals surface area contributed by atoms with Gasteiger partial charge in [0.1, 0.15) is 0 Å². The second-order valence-electron chi connectivity index (χ2n) is 8.79. The van der Waals surface area contributed by atoms with Crippen LogP contribution in [0.4, 0.5) is 0 Å². The maximum Gasteiger partial charge on any atom is 0.248 e. The molecule has 1 aliphatic heterocycles. The molecule has 0 spiro atoms. The topological polar surface area (TPSA) is 66.6 Å². The third kappa shape index (κ3) is 3.13. The van der Waals surface area contributed by atoms with Crippen LogP contribution in [0, 0.1) is 5.92 Å². The lowest BCUT2D eigenvalue weighted by Crippen LogP contribution is -2.64. The van der Waals surface area contributed by atoms with Gasteiger partial charge in [0, 0.05) is 42.7 Å². The Morgan fingerprint density at radius 1 is 1.12 bits per heavy atom. The molecule has 4 rings (SSSR count). The number of hydrogen-bond donors (Lipinski definition) is 1. The summed E-state index contributed by atoms with van der Waals surface area (Å²) in [6.07, 6.45) is 4.88. The molecule has 1 saturated heterocycles. The van der Waals surface area contributed by atoms with E-state index in [2.05, 4.69) is 23.6 Å². The normalized spacial score (nSPS) is 28.5. The molecule has 140 valence electrons. The second-order valence-corrected chi connectivity index (χ2v) is 8.79. The maximum atomic E-state index is 13.0. The molecule has 1 unspecified atom stereocenters. The minimum Gasteiger partial charge on any atom is -0.366 e. The van der Waals surface area contributed by atoms with E-state index < -0.39 is 5.91 Å². The van der Waals surface area contributed by atoms with Crippen molar-refractivity contribution in [2.45, 2.75) is 57.0 Å². The first kappa shape index (κ1) is 17.5. The minimum absolute atomic E-state index is 0.0620. The number of carbonyl (C=O) groups is 2. The Labute approximate surface area is 155 Å². The van der Waals surface area contributed by atoms with Crippen molar-refractivity contribution in [2.75, 3.05) is 19.6 Å². The Bertz CT molecular complexity index is 708. The summed E-state index contributed by atoms with van der Waals surface area (Å²) in [7, 11) is 0. The van der Waals surface area contributed by atoms with Crippen LogP contribution in [-0.2, 0) is 4.79 Å². The summed E-state index contributed by atoms with van der Waals surface area (Å²) in [6, 6.07) is 8.13. The molecule has 1 aromatic carbocycles. The lowest BCUT2D eigenvalue weighted by Gasteiger charge is -2.53. The average Bonchev–Trinajstić information content (AvgIpc) is 3.34. The summed E-state index contributed by atoms with van der Waals surface area (Å²) in [4.78, 5) is 28.9. The lowest BCUT2D eigenvalue weighted by molar-refractivity contribution is -0.139. The largest absolute Gasteiger partial charge is 0.366 e. The summed E-state index contributed by atoms with van der Waals surface area (Å²) >= 11 is 0. The SMILES string of the molecule is CC1(C)CN(C(=O)[C@H]2CC2c2ccc(C(N)=O)cc2)CCN1C1CCC1. The van der Waals surface area contributed by atoms with Gasteiger partial charge in [0.25, 0.3) is 0 Å². The van der Waals surface area contributed by atoms with Crippen molar-refractivity contribution in [3.05, 3.63) is 35.4 Å². The van der Waals surface area contributed by atoms with Crippen LogP contribution in [0.5, 0.6) is 0 Å². The molecule has 0 radical (unpaired) electrons. The van der Waals surface area contributed by atoms with E-state index in [0.717, 1.165) is 37.7 Å². The first-order valence-electron chi connectivity index (χ1n) is 9.82. The molecular formula is C21H29N3O2. The van der Waals surface area contributed by atoms with Gasteiger partial charge in [0.05, 0.1) is 0 Å². The van der Waals surface area contributed by atoms with Crippen molar-refractivity contribution in [2.24, 2.45) is 11.7 Å². The molecule has 5 heteroatoms. The zero-order chi connectivity index (χ0) is 18.5. The Kier molecular flexibility index (Phi) is 4.30. The number of primary amides is 1. The van der Waals surface area contributed by atoms with E-state index >= 15 is 0 Å². The monoisotopic (exact) mass is 355 g/mol. The van der Waals surface area contributed by atoms with Crippen molar-refractivity contribution in [3.8, 4) is 0 Å². The van der Waals surface area contributed by atoms with Crippen LogP contribution in [0.1, 0.15) is 61.4 Å². The van der Waals surface area contributed by atoms with Gasteiger partial charge in [-0.3, -0.25) is 14.5 Å². The molecule has 2 saturated carbocycles. The molecule has 1 aromatic rings. The van der Waals surface area contributed by atoms with Crippen LogP contribution >= 0.6 is 0 Å². The summed E-state index contributed by atoms with van der Waals surface area (Å²) in [6.45, 7) is 7.22. The fourth-order valence-electron chi connectivity index (χ4n) is 4.70. The molecule has 0 aromatic heterocycles. The van der Waals surface area contributed by atoms with E-state index in [4.69, 9.17) is 5.73 Å². The van der Waals surface area contributed by atoms with Gasteiger partial charge in [-0.2, -0.15) is 0 Å². The van der Waals surface area contributed by atoms with E-state index in [1.54, 1.807) is 12.1 Å². The number of nitrogens with zero attached hydrogens (tertiary/aromatic N) is 2. The minimum atomic E-state index is -0.411. The lowest BCUT2D eigenvalue weighted by atomic mass is 9.86. The van der Waals surface area contributed by atoms with Crippen LogP contribution in [0.25, 0.3) is 0 Å². The molecular weight excluding hydrogens is 326 g/mol. The van der Waals surface area contributed by atoms with Crippen molar-refractivity contribution in [3.63, 3.8) is 0 Å². The first-order chi connectivity index (χ1) is 12.4. The smallest absolute Gasteiger partial charge is 0.248 e. The highest BCUT2D eigenvalue weighted by molar-refractivity contribution is 5.92. The zero-order valence-electron chi connectivity index (χ0n) is 15.8. The van der Waals surface area contributed by atoms with Crippen molar-refractivity contribution in [1.82, 2.24) is 9.80 Å². The van der Waals surface area contributed by atoms with Gasteiger partial charge < -0.3 is 10.6 Å². The van der Waals surface area contributed by atoms with Crippen LogP contribution < -0.4 is 5.73 Å². The highest BCUT2D eigenvalue weighted by Crippen LogP contribution is 2.49. The van der Waals surface area contributed by atoms with Gasteiger partial charge in [0.2, 0.25) is 11.8 Å². The second kappa shape index (κ2) is 6.38. The Hall–Kier alpha value is -1.88. The van der Waals surface area contributed by atoms with Gasteiger partial charge >= 0.3 is 0 Å². The number of nitrogens with two attached hydrogens (primary N) is 1. The highest BCUT2D eigenvalue weighted by atomic mass is 16.2. The Morgan fingerprint density at radius 3 is 2.35 bits per heavy atom. The van der Waals surface area contributed by atoms with E-state index in [1.807, 2.05) is 12.1 Å². The molecule has 3 fully saturated rings. The zero-order valence-corrected chi connectivity index (χ0v) is 15.8. The number of benzene rings is 1. The first-order valence-corrected chi connectivity index (χ1v) is 9.82.